The third-order valence-corrected chi connectivity index (χ3v) is 7.37. The number of ketones is 1. The topological polar surface area (TPSA) is 142 Å². The number of piperazine rings is 1. The Balaban J connectivity index is 1.71. The lowest BCUT2D eigenvalue weighted by molar-refractivity contribution is -0.136. The van der Waals surface area contributed by atoms with Crippen LogP contribution in [0, 0.1) is 0 Å². The van der Waals surface area contributed by atoms with E-state index in [-0.39, 0.29) is 29.6 Å². The molecule has 2 aliphatic heterocycles. The quantitative estimate of drug-likeness (QED) is 0.290. The van der Waals surface area contributed by atoms with Crippen LogP contribution in [0.2, 0.25) is 5.02 Å². The van der Waals surface area contributed by atoms with E-state index in [1.807, 2.05) is 45.0 Å². The van der Waals surface area contributed by atoms with Crippen LogP contribution in [0.1, 0.15) is 66.3 Å². The minimum atomic E-state index is -1.24. The average molecular weight is 618 g/mol. The van der Waals surface area contributed by atoms with Crippen molar-refractivity contribution in [3.8, 4) is 5.75 Å². The Morgan fingerprint density at radius 1 is 1.05 bits per heavy atom. The number of halogens is 1. The predicted octanol–water partition coefficient (Wildman–Crippen LogP) is 4.67. The third-order valence-electron chi connectivity index (χ3n) is 7.11. The third kappa shape index (κ3) is 6.73. The molecule has 0 spiro atoms. The van der Waals surface area contributed by atoms with E-state index >= 15 is 0 Å². The summed E-state index contributed by atoms with van der Waals surface area (Å²) in [7, 11) is 0. The molecule has 2 aromatic carbocycles. The molecule has 12 heteroatoms. The molecule has 1 fully saturated rings. The van der Waals surface area contributed by atoms with Crippen molar-refractivity contribution in [1.82, 2.24) is 20.1 Å². The predicted molar refractivity (Wildman–Crippen MR) is 163 cm³/mol. The summed E-state index contributed by atoms with van der Waals surface area (Å²) < 4.78 is 6.31. The van der Waals surface area contributed by atoms with E-state index in [1.54, 1.807) is 35.5 Å². The zero-order chi connectivity index (χ0) is 31.6. The number of aliphatic carboxylic acids is 1. The van der Waals surface area contributed by atoms with E-state index in [0.717, 1.165) is 11.1 Å². The number of hydrogen-bond donors (Lipinski definition) is 2. The first kappa shape index (κ1) is 30.7. The number of hydrogen-bond acceptors (Lipinski definition) is 7. The van der Waals surface area contributed by atoms with Crippen molar-refractivity contribution in [2.24, 2.45) is 4.99 Å². The Morgan fingerprint density at radius 2 is 1.75 bits per heavy atom. The van der Waals surface area contributed by atoms with Gasteiger partial charge in [-0.3, -0.25) is 29.3 Å². The molecular formula is C32H32ClN5O6. The summed E-state index contributed by atoms with van der Waals surface area (Å²) in [5, 5.41) is 12.5. The molecule has 5 rings (SSSR count). The van der Waals surface area contributed by atoms with Gasteiger partial charge in [0.05, 0.1) is 11.6 Å². The van der Waals surface area contributed by atoms with Gasteiger partial charge in [-0.2, -0.15) is 0 Å². The Bertz CT molecular complexity index is 1620. The number of carbonyl (C=O) groups excluding carboxylic acids is 3. The van der Waals surface area contributed by atoms with Gasteiger partial charge in [0.2, 0.25) is 5.91 Å². The van der Waals surface area contributed by atoms with Crippen LogP contribution in [0.25, 0.3) is 0 Å². The number of amidine groups is 1. The number of aromatic nitrogens is 1. The number of nitrogens with one attached hydrogen (secondary N) is 1. The summed E-state index contributed by atoms with van der Waals surface area (Å²) in [4.78, 5) is 63.1. The number of amides is 3. The number of carbonyl (C=O) groups is 4. The maximum Gasteiger partial charge on any atom is 0.326 e. The summed E-state index contributed by atoms with van der Waals surface area (Å²) >= 11 is 6.24. The Morgan fingerprint density at radius 3 is 2.39 bits per heavy atom. The maximum absolute atomic E-state index is 14.4. The molecule has 228 valence electrons. The van der Waals surface area contributed by atoms with Crippen molar-refractivity contribution in [2.45, 2.75) is 44.9 Å². The van der Waals surface area contributed by atoms with Gasteiger partial charge < -0.3 is 20.1 Å². The van der Waals surface area contributed by atoms with E-state index in [1.165, 1.54) is 17.0 Å². The Hall–Kier alpha value is -4.77. The van der Waals surface area contributed by atoms with Gasteiger partial charge in [-0.05, 0) is 68.3 Å². The lowest BCUT2D eigenvalue weighted by atomic mass is 9.94. The lowest BCUT2D eigenvalue weighted by Gasteiger charge is -2.36. The van der Waals surface area contributed by atoms with Crippen molar-refractivity contribution in [3.63, 3.8) is 0 Å². The molecule has 3 amide bonds. The number of urea groups is 1. The number of aliphatic imine (C=N–C) groups is 1. The number of rotatable bonds is 7. The van der Waals surface area contributed by atoms with E-state index in [2.05, 4.69) is 10.3 Å². The highest BCUT2D eigenvalue weighted by molar-refractivity contribution is 6.30. The lowest BCUT2D eigenvalue weighted by Crippen LogP contribution is -2.55. The van der Waals surface area contributed by atoms with Crippen molar-refractivity contribution in [2.75, 3.05) is 19.6 Å². The molecule has 0 saturated carbocycles. The van der Waals surface area contributed by atoms with E-state index < -0.39 is 41.9 Å². The van der Waals surface area contributed by atoms with E-state index in [9.17, 15) is 24.3 Å². The van der Waals surface area contributed by atoms with Crippen LogP contribution >= 0.6 is 11.6 Å². The maximum atomic E-state index is 14.4. The van der Waals surface area contributed by atoms with Crippen molar-refractivity contribution < 1.29 is 29.0 Å². The molecule has 1 saturated heterocycles. The first-order chi connectivity index (χ1) is 20.9. The average Bonchev–Trinajstić information content (AvgIpc) is 3.36. The Kier molecular flexibility index (Phi) is 8.68. The molecule has 2 atom stereocenters. The fourth-order valence-electron chi connectivity index (χ4n) is 5.24. The van der Waals surface area contributed by atoms with Crippen LogP contribution in [0.15, 0.2) is 72.0 Å². The monoisotopic (exact) mass is 617 g/mol. The molecule has 44 heavy (non-hydrogen) atoms. The van der Waals surface area contributed by atoms with Gasteiger partial charge in [0.25, 0.3) is 0 Å². The zero-order valence-corrected chi connectivity index (χ0v) is 25.2. The van der Waals surface area contributed by atoms with Crippen LogP contribution in [-0.4, -0.2) is 74.7 Å². The zero-order valence-electron chi connectivity index (χ0n) is 24.5. The normalized spacial score (nSPS) is 18.5. The Labute approximate surface area is 259 Å². The summed E-state index contributed by atoms with van der Waals surface area (Å²) in [6.07, 6.45) is 2.62. The summed E-state index contributed by atoms with van der Waals surface area (Å²) in [6, 6.07) is 13.8. The van der Waals surface area contributed by atoms with Crippen molar-refractivity contribution in [1.29, 1.82) is 0 Å². The van der Waals surface area contributed by atoms with Crippen LogP contribution in [0.4, 0.5) is 4.79 Å². The van der Waals surface area contributed by atoms with Gasteiger partial charge in [-0.15, -0.1) is 0 Å². The van der Waals surface area contributed by atoms with E-state index in [0.29, 0.717) is 23.7 Å². The largest absolute Gasteiger partial charge is 0.487 e. The molecule has 0 aliphatic carbocycles. The molecule has 0 radical (unpaired) electrons. The molecule has 2 N–H and O–H groups in total. The molecule has 2 aliphatic rings. The van der Waals surface area contributed by atoms with Gasteiger partial charge in [-0.25, -0.2) is 4.79 Å². The SMILES string of the molecule is CC(C)(C)Oc1cc(C(=O)CC(=O)O)ccc1C1=N[C@@H](c2ccncc2)[C@@H](c2ccc(Cl)cc2)N1C(=O)N1CCNC(=O)C1. The van der Waals surface area contributed by atoms with Crippen LogP contribution < -0.4 is 10.1 Å². The smallest absolute Gasteiger partial charge is 0.326 e. The number of nitrogens with zero attached hydrogens (tertiary/aromatic N) is 4. The van der Waals surface area contributed by atoms with Gasteiger partial charge in [0.1, 0.15) is 36.2 Å². The molecule has 0 bridgehead atoms. The highest BCUT2D eigenvalue weighted by Gasteiger charge is 2.45. The molecule has 0 unspecified atom stereocenters. The summed E-state index contributed by atoms with van der Waals surface area (Å²) in [5.41, 5.74) is 1.42. The minimum absolute atomic E-state index is 0.121. The highest BCUT2D eigenvalue weighted by Crippen LogP contribution is 2.45. The molecular weight excluding hydrogens is 586 g/mol. The number of Topliss-reactive ketones (excluding diaryl/α,β-unsaturated/α-hetero) is 1. The molecule has 3 heterocycles. The van der Waals surface area contributed by atoms with Crippen LogP contribution in [0.5, 0.6) is 5.75 Å². The number of carboxylic acid groups (broad SMARTS) is 1. The van der Waals surface area contributed by atoms with Crippen molar-refractivity contribution >= 4 is 41.1 Å². The van der Waals surface area contributed by atoms with Gasteiger partial charge in [0.15, 0.2) is 5.78 Å². The first-order valence-electron chi connectivity index (χ1n) is 14.1. The first-order valence-corrected chi connectivity index (χ1v) is 14.5. The highest BCUT2D eigenvalue weighted by atomic mass is 35.5. The van der Waals surface area contributed by atoms with Crippen LogP contribution in [0.3, 0.4) is 0 Å². The van der Waals surface area contributed by atoms with Gasteiger partial charge in [0, 0.05) is 36.1 Å². The molecule has 3 aromatic rings. The fourth-order valence-corrected chi connectivity index (χ4v) is 5.37. The second-order valence-electron chi connectivity index (χ2n) is 11.5. The van der Waals surface area contributed by atoms with Gasteiger partial charge >= 0.3 is 12.0 Å². The number of benzene rings is 2. The van der Waals surface area contributed by atoms with Crippen molar-refractivity contribution in [3.05, 3.63) is 94.3 Å². The minimum Gasteiger partial charge on any atom is -0.487 e. The molecule has 1 aromatic heterocycles. The standard InChI is InChI=1S/C32H32ClN5O6/c1-32(2,3)44-25-16-21(24(39)17-27(41)42)6-9-23(25)30-36-28(19-10-12-34-13-11-19)29(20-4-7-22(33)8-5-20)38(30)31(43)37-15-14-35-26(40)18-37/h4-13,16,28-29H,14-15,17-18H2,1-3H3,(H,35,40)(H,41,42)/t28-,29+/m0/s1. The number of carboxylic acids is 1. The van der Waals surface area contributed by atoms with Gasteiger partial charge in [-0.1, -0.05) is 29.8 Å². The second-order valence-corrected chi connectivity index (χ2v) is 12.0. The fraction of sp³-hybridized carbons (Fsp3) is 0.312. The second kappa shape index (κ2) is 12.5. The summed E-state index contributed by atoms with van der Waals surface area (Å²) in [6.45, 7) is 6.00. The number of pyridine rings is 1. The number of ether oxygens (including phenoxy) is 1. The van der Waals surface area contributed by atoms with Crippen LogP contribution in [-0.2, 0) is 9.59 Å². The van der Waals surface area contributed by atoms with E-state index in [4.69, 9.17) is 21.3 Å². The molecule has 11 nitrogen and oxygen atoms in total. The summed E-state index contributed by atoms with van der Waals surface area (Å²) in [5.74, 6) is -1.57.